The van der Waals surface area contributed by atoms with Crippen molar-refractivity contribution in [2.75, 3.05) is 0 Å². The van der Waals surface area contributed by atoms with E-state index in [0.717, 1.165) is 23.3 Å². The van der Waals surface area contributed by atoms with Crippen molar-refractivity contribution < 1.29 is 9.53 Å². The number of rotatable bonds is 6. The van der Waals surface area contributed by atoms with Crippen molar-refractivity contribution in [3.8, 4) is 5.75 Å². The molecule has 0 unspecified atom stereocenters. The second-order valence-corrected chi connectivity index (χ2v) is 6.74. The van der Waals surface area contributed by atoms with Gasteiger partial charge >= 0.3 is 0 Å². The summed E-state index contributed by atoms with van der Waals surface area (Å²) >= 11 is 0. The molecule has 2 atom stereocenters. The molecule has 2 rings (SSSR count). The van der Waals surface area contributed by atoms with Crippen LogP contribution in [0.2, 0.25) is 0 Å². The van der Waals surface area contributed by atoms with Crippen molar-refractivity contribution in [3.05, 3.63) is 64.2 Å². The zero-order valence-corrected chi connectivity index (χ0v) is 16.1. The minimum Gasteiger partial charge on any atom is -0.481 e. The van der Waals surface area contributed by atoms with Crippen LogP contribution in [-0.2, 0) is 11.2 Å². The highest BCUT2D eigenvalue weighted by Crippen LogP contribution is 2.23. The first kappa shape index (κ1) is 19.0. The van der Waals surface area contributed by atoms with Crippen LogP contribution >= 0.6 is 0 Å². The van der Waals surface area contributed by atoms with E-state index >= 15 is 0 Å². The largest absolute Gasteiger partial charge is 0.481 e. The van der Waals surface area contributed by atoms with Gasteiger partial charge in [0.05, 0.1) is 6.04 Å². The fourth-order valence-corrected chi connectivity index (χ4v) is 3.01. The van der Waals surface area contributed by atoms with Gasteiger partial charge in [-0.15, -0.1) is 0 Å². The SMILES string of the molecule is CCc1ccccc1O[C@@H](C)C(=O)N[C@@H](C)c1cc(C)c(C)cc1C. The number of carbonyl (C=O) groups is 1. The van der Waals surface area contributed by atoms with Gasteiger partial charge in [0, 0.05) is 0 Å². The Morgan fingerprint density at radius 3 is 2.36 bits per heavy atom. The van der Waals surface area contributed by atoms with E-state index < -0.39 is 6.10 Å². The number of para-hydroxylation sites is 1. The Kier molecular flexibility index (Phi) is 6.24. The fraction of sp³-hybridized carbons (Fsp3) is 0.409. The molecular formula is C22H29NO2. The number of hydrogen-bond acceptors (Lipinski definition) is 2. The summed E-state index contributed by atoms with van der Waals surface area (Å²) in [6, 6.07) is 12.1. The summed E-state index contributed by atoms with van der Waals surface area (Å²) in [5, 5.41) is 3.08. The number of carbonyl (C=O) groups excluding carboxylic acids is 1. The molecule has 2 aromatic rings. The molecule has 2 aromatic carbocycles. The van der Waals surface area contributed by atoms with E-state index in [0.29, 0.717) is 0 Å². The van der Waals surface area contributed by atoms with Crippen molar-refractivity contribution in [3.63, 3.8) is 0 Å². The molecule has 134 valence electrons. The molecule has 3 heteroatoms. The fourth-order valence-electron chi connectivity index (χ4n) is 3.01. The average Bonchev–Trinajstić information content (AvgIpc) is 2.58. The lowest BCUT2D eigenvalue weighted by atomic mass is 9.96. The molecule has 25 heavy (non-hydrogen) atoms. The Labute approximate surface area is 151 Å². The van der Waals surface area contributed by atoms with E-state index in [-0.39, 0.29) is 11.9 Å². The summed E-state index contributed by atoms with van der Waals surface area (Å²) in [4.78, 5) is 12.6. The molecule has 0 aliphatic heterocycles. The average molecular weight is 339 g/mol. The van der Waals surface area contributed by atoms with Gasteiger partial charge in [-0.3, -0.25) is 4.79 Å². The molecule has 0 saturated heterocycles. The van der Waals surface area contributed by atoms with Crippen LogP contribution in [-0.4, -0.2) is 12.0 Å². The highest BCUT2D eigenvalue weighted by atomic mass is 16.5. The molecule has 0 bridgehead atoms. The highest BCUT2D eigenvalue weighted by Gasteiger charge is 2.19. The summed E-state index contributed by atoms with van der Waals surface area (Å²) in [5.74, 6) is 0.679. The molecule has 0 fully saturated rings. The Morgan fingerprint density at radius 1 is 1.04 bits per heavy atom. The number of aryl methyl sites for hydroxylation is 4. The summed E-state index contributed by atoms with van der Waals surface area (Å²) < 4.78 is 5.90. The van der Waals surface area contributed by atoms with Gasteiger partial charge in [-0.05, 0) is 74.9 Å². The van der Waals surface area contributed by atoms with Gasteiger partial charge < -0.3 is 10.1 Å². The van der Waals surface area contributed by atoms with Crippen LogP contribution in [0.15, 0.2) is 36.4 Å². The first-order valence-electron chi connectivity index (χ1n) is 8.96. The maximum atomic E-state index is 12.6. The molecule has 0 radical (unpaired) electrons. The van der Waals surface area contributed by atoms with Crippen LogP contribution < -0.4 is 10.1 Å². The van der Waals surface area contributed by atoms with Crippen LogP contribution in [0.1, 0.15) is 54.6 Å². The van der Waals surface area contributed by atoms with Crippen LogP contribution in [0.25, 0.3) is 0 Å². The third-order valence-corrected chi connectivity index (χ3v) is 4.73. The Morgan fingerprint density at radius 2 is 1.68 bits per heavy atom. The minimum atomic E-state index is -0.540. The zero-order chi connectivity index (χ0) is 18.6. The molecule has 0 saturated carbocycles. The van der Waals surface area contributed by atoms with Gasteiger partial charge in [0.2, 0.25) is 0 Å². The molecule has 0 aliphatic rings. The maximum absolute atomic E-state index is 12.6. The van der Waals surface area contributed by atoms with Gasteiger partial charge in [-0.1, -0.05) is 37.3 Å². The zero-order valence-electron chi connectivity index (χ0n) is 16.1. The Balaban J connectivity index is 2.07. The van der Waals surface area contributed by atoms with Gasteiger partial charge in [-0.25, -0.2) is 0 Å². The lowest BCUT2D eigenvalue weighted by molar-refractivity contribution is -0.127. The molecule has 0 aliphatic carbocycles. The molecule has 3 nitrogen and oxygen atoms in total. The number of amides is 1. The van der Waals surface area contributed by atoms with E-state index in [9.17, 15) is 4.79 Å². The predicted molar refractivity (Wildman–Crippen MR) is 103 cm³/mol. The molecule has 1 amide bonds. The third kappa shape index (κ3) is 4.62. The second kappa shape index (κ2) is 8.19. The van der Waals surface area contributed by atoms with Crippen LogP contribution in [0.4, 0.5) is 0 Å². The minimum absolute atomic E-state index is 0.0562. The number of benzene rings is 2. The predicted octanol–water partition coefficient (Wildman–Crippen LogP) is 4.82. The van der Waals surface area contributed by atoms with Crippen molar-refractivity contribution in [1.82, 2.24) is 5.32 Å². The van der Waals surface area contributed by atoms with E-state index in [1.807, 2.05) is 31.2 Å². The van der Waals surface area contributed by atoms with Crippen molar-refractivity contribution in [2.45, 2.75) is 60.1 Å². The smallest absolute Gasteiger partial charge is 0.261 e. The standard InChI is InChI=1S/C22H29NO2/c1-7-19-10-8-9-11-21(19)25-18(6)22(24)23-17(5)20-13-15(3)14(2)12-16(20)4/h8-13,17-18H,7H2,1-6H3,(H,23,24)/t17-,18-/m0/s1. The number of hydrogen-bond donors (Lipinski definition) is 1. The molecule has 0 aromatic heterocycles. The van der Waals surface area contributed by atoms with E-state index in [2.05, 4.69) is 45.1 Å². The van der Waals surface area contributed by atoms with Crippen LogP contribution in [0, 0.1) is 20.8 Å². The highest BCUT2D eigenvalue weighted by molar-refractivity contribution is 5.81. The maximum Gasteiger partial charge on any atom is 0.261 e. The molecule has 0 spiro atoms. The monoisotopic (exact) mass is 339 g/mol. The summed E-state index contributed by atoms with van der Waals surface area (Å²) in [6.07, 6.45) is 0.338. The van der Waals surface area contributed by atoms with Crippen LogP contribution in [0.3, 0.4) is 0 Å². The topological polar surface area (TPSA) is 38.3 Å². The van der Waals surface area contributed by atoms with Gasteiger partial charge in [-0.2, -0.15) is 0 Å². The Hall–Kier alpha value is -2.29. The molecular weight excluding hydrogens is 310 g/mol. The summed E-state index contributed by atoms with van der Waals surface area (Å²) in [5.41, 5.74) is 5.97. The van der Waals surface area contributed by atoms with E-state index in [1.54, 1.807) is 6.92 Å². The number of ether oxygens (including phenoxy) is 1. The summed E-state index contributed by atoms with van der Waals surface area (Å²) in [7, 11) is 0. The lowest BCUT2D eigenvalue weighted by Crippen LogP contribution is -2.38. The van der Waals surface area contributed by atoms with Gasteiger partial charge in [0.15, 0.2) is 6.10 Å². The second-order valence-electron chi connectivity index (χ2n) is 6.74. The molecule has 1 N–H and O–H groups in total. The lowest BCUT2D eigenvalue weighted by Gasteiger charge is -2.22. The van der Waals surface area contributed by atoms with Gasteiger partial charge in [0.1, 0.15) is 5.75 Å². The van der Waals surface area contributed by atoms with E-state index in [1.165, 1.54) is 16.7 Å². The van der Waals surface area contributed by atoms with Crippen molar-refractivity contribution >= 4 is 5.91 Å². The van der Waals surface area contributed by atoms with E-state index in [4.69, 9.17) is 4.74 Å². The first-order valence-corrected chi connectivity index (χ1v) is 8.96. The molecule has 0 heterocycles. The summed E-state index contributed by atoms with van der Waals surface area (Å²) in [6.45, 7) is 12.2. The normalized spacial score (nSPS) is 13.2. The van der Waals surface area contributed by atoms with Gasteiger partial charge in [0.25, 0.3) is 5.91 Å². The van der Waals surface area contributed by atoms with Crippen LogP contribution in [0.5, 0.6) is 5.75 Å². The first-order chi connectivity index (χ1) is 11.8. The van der Waals surface area contributed by atoms with Crippen molar-refractivity contribution in [1.29, 1.82) is 0 Å². The third-order valence-electron chi connectivity index (χ3n) is 4.73. The van der Waals surface area contributed by atoms with Crippen molar-refractivity contribution in [2.24, 2.45) is 0 Å². The number of nitrogens with one attached hydrogen (secondary N) is 1. The Bertz CT molecular complexity index is 752. The quantitative estimate of drug-likeness (QED) is 0.819.